The molecule has 66 valence electrons. The van der Waals surface area contributed by atoms with E-state index in [1.165, 1.54) is 11.3 Å². The van der Waals surface area contributed by atoms with Gasteiger partial charge in [-0.3, -0.25) is 4.98 Å². The molecule has 0 saturated heterocycles. The number of fused-ring (bicyclic) bond motifs is 1. The number of hydrogen-bond acceptors (Lipinski definition) is 3. The van der Waals surface area contributed by atoms with Crippen LogP contribution in [0.3, 0.4) is 0 Å². The molecule has 0 aliphatic rings. The maximum Gasteiger partial charge on any atom is 0.345 e. The third-order valence-corrected chi connectivity index (χ3v) is 3.04. The molecule has 2 heterocycles. The molecule has 0 aromatic carbocycles. The van der Waals surface area contributed by atoms with Crippen LogP contribution < -0.4 is 0 Å². The fraction of sp³-hybridized carbons (Fsp3) is 0. The lowest BCUT2D eigenvalue weighted by molar-refractivity contribution is 0.0702. The molecule has 13 heavy (non-hydrogen) atoms. The molecule has 1 N–H and O–H groups in total. The normalized spacial score (nSPS) is 10.5. The lowest BCUT2D eigenvalue weighted by Crippen LogP contribution is -1.89. The number of hydrogen-bond donors (Lipinski definition) is 1. The largest absolute Gasteiger partial charge is 0.477 e. The van der Waals surface area contributed by atoms with Gasteiger partial charge in [-0.1, -0.05) is 0 Å². The molecular weight excluding hydrogens is 254 g/mol. The Balaban J connectivity index is 2.68. The molecule has 0 atom stereocenters. The molecular formula is C8H4BrNO2S. The molecule has 0 amide bonds. The van der Waals surface area contributed by atoms with Crippen molar-refractivity contribution in [1.29, 1.82) is 0 Å². The van der Waals surface area contributed by atoms with Gasteiger partial charge in [0.25, 0.3) is 0 Å². The Morgan fingerprint density at radius 3 is 3.00 bits per heavy atom. The highest BCUT2D eigenvalue weighted by molar-refractivity contribution is 9.10. The maximum atomic E-state index is 10.6. The van der Waals surface area contributed by atoms with Gasteiger partial charge in [0.1, 0.15) is 4.88 Å². The van der Waals surface area contributed by atoms with Gasteiger partial charge in [-0.2, -0.15) is 0 Å². The lowest BCUT2D eigenvalue weighted by Gasteiger charge is -1.87. The fourth-order valence-corrected chi connectivity index (χ4v) is 2.38. The van der Waals surface area contributed by atoms with Crippen LogP contribution in [0.4, 0.5) is 0 Å². The number of nitrogens with zero attached hydrogens (tertiary/aromatic N) is 1. The van der Waals surface area contributed by atoms with Crippen molar-refractivity contribution in [2.75, 3.05) is 0 Å². The number of carboxylic acid groups (broad SMARTS) is 1. The van der Waals surface area contributed by atoms with Crippen LogP contribution in [0.5, 0.6) is 0 Å². The second-order valence-corrected chi connectivity index (χ2v) is 4.45. The predicted molar refractivity (Wildman–Crippen MR) is 54.3 cm³/mol. The summed E-state index contributed by atoms with van der Waals surface area (Å²) in [6.07, 6.45) is 1.65. The number of halogens is 1. The highest BCUT2D eigenvalue weighted by Gasteiger charge is 2.08. The standard InChI is InChI=1S/C8H4BrNO2S/c9-4-1-6-5(10-3-4)2-7(13-6)8(11)12/h1-3H,(H,11,12). The summed E-state index contributed by atoms with van der Waals surface area (Å²) in [4.78, 5) is 15.0. The van der Waals surface area contributed by atoms with E-state index in [4.69, 9.17) is 5.11 Å². The van der Waals surface area contributed by atoms with Crippen molar-refractivity contribution < 1.29 is 9.90 Å². The minimum absolute atomic E-state index is 0.320. The van der Waals surface area contributed by atoms with Gasteiger partial charge in [0, 0.05) is 10.7 Å². The van der Waals surface area contributed by atoms with E-state index in [-0.39, 0.29) is 0 Å². The van der Waals surface area contributed by atoms with Crippen molar-refractivity contribution in [1.82, 2.24) is 4.98 Å². The highest BCUT2D eigenvalue weighted by Crippen LogP contribution is 2.26. The van der Waals surface area contributed by atoms with Crippen molar-refractivity contribution >= 4 is 43.5 Å². The molecule has 0 saturated carbocycles. The number of thiophene rings is 1. The van der Waals surface area contributed by atoms with Crippen LogP contribution in [-0.2, 0) is 0 Å². The van der Waals surface area contributed by atoms with E-state index in [9.17, 15) is 4.79 Å². The Labute approximate surface area is 86.2 Å². The number of carbonyl (C=O) groups is 1. The van der Waals surface area contributed by atoms with Gasteiger partial charge in [-0.15, -0.1) is 11.3 Å². The van der Waals surface area contributed by atoms with Gasteiger partial charge in [-0.25, -0.2) is 4.79 Å². The number of aromatic nitrogens is 1. The van der Waals surface area contributed by atoms with Crippen LogP contribution in [0.2, 0.25) is 0 Å². The molecule has 0 aliphatic carbocycles. The molecule has 0 bridgehead atoms. The first kappa shape index (κ1) is 8.65. The third-order valence-electron chi connectivity index (χ3n) is 1.55. The summed E-state index contributed by atoms with van der Waals surface area (Å²) in [5.74, 6) is -0.904. The summed E-state index contributed by atoms with van der Waals surface area (Å²) in [6, 6.07) is 3.44. The van der Waals surface area contributed by atoms with E-state index in [1.54, 1.807) is 12.3 Å². The van der Waals surface area contributed by atoms with Crippen molar-refractivity contribution in [2.24, 2.45) is 0 Å². The van der Waals surface area contributed by atoms with Gasteiger partial charge in [-0.05, 0) is 28.1 Å². The first-order chi connectivity index (χ1) is 6.16. The summed E-state index contributed by atoms with van der Waals surface area (Å²) in [5.41, 5.74) is 0.727. The first-order valence-corrected chi connectivity index (χ1v) is 5.06. The van der Waals surface area contributed by atoms with Crippen molar-refractivity contribution in [3.63, 3.8) is 0 Å². The van der Waals surface area contributed by atoms with Crippen molar-refractivity contribution in [3.8, 4) is 0 Å². The number of pyridine rings is 1. The molecule has 5 heteroatoms. The monoisotopic (exact) mass is 257 g/mol. The second-order valence-electron chi connectivity index (χ2n) is 2.45. The molecule has 0 radical (unpaired) electrons. The zero-order valence-electron chi connectivity index (χ0n) is 6.32. The molecule has 2 rings (SSSR count). The van der Waals surface area contributed by atoms with E-state index in [0.29, 0.717) is 4.88 Å². The number of rotatable bonds is 1. The molecule has 0 fully saturated rings. The minimum atomic E-state index is -0.904. The van der Waals surface area contributed by atoms with Crippen LogP contribution in [0, 0.1) is 0 Å². The average molecular weight is 258 g/mol. The maximum absolute atomic E-state index is 10.6. The fourth-order valence-electron chi connectivity index (χ4n) is 0.999. The zero-order valence-corrected chi connectivity index (χ0v) is 8.72. The predicted octanol–water partition coefficient (Wildman–Crippen LogP) is 2.76. The smallest absolute Gasteiger partial charge is 0.345 e. The molecule has 3 nitrogen and oxygen atoms in total. The molecule has 2 aromatic rings. The summed E-state index contributed by atoms with van der Waals surface area (Å²) < 4.78 is 1.74. The third kappa shape index (κ3) is 1.57. The number of carboxylic acids is 1. The second kappa shape index (κ2) is 3.08. The van der Waals surface area contributed by atoms with Gasteiger partial charge >= 0.3 is 5.97 Å². The summed E-state index contributed by atoms with van der Waals surface area (Å²) in [6.45, 7) is 0. The van der Waals surface area contributed by atoms with Crippen LogP contribution in [0.25, 0.3) is 10.2 Å². The van der Waals surface area contributed by atoms with E-state index < -0.39 is 5.97 Å². The first-order valence-electron chi connectivity index (χ1n) is 3.45. The summed E-state index contributed by atoms with van der Waals surface area (Å²) in [7, 11) is 0. The van der Waals surface area contributed by atoms with Gasteiger partial charge in [0.2, 0.25) is 0 Å². The molecule has 0 spiro atoms. The quantitative estimate of drug-likeness (QED) is 0.855. The summed E-state index contributed by atoms with van der Waals surface area (Å²) in [5, 5.41) is 8.73. The van der Waals surface area contributed by atoms with E-state index in [2.05, 4.69) is 20.9 Å². The van der Waals surface area contributed by atoms with Gasteiger partial charge in [0.15, 0.2) is 0 Å². The van der Waals surface area contributed by atoms with Crippen molar-refractivity contribution in [2.45, 2.75) is 0 Å². The molecule has 0 aliphatic heterocycles. The minimum Gasteiger partial charge on any atom is -0.477 e. The van der Waals surface area contributed by atoms with Crippen LogP contribution >= 0.6 is 27.3 Å². The Hall–Kier alpha value is -0.940. The van der Waals surface area contributed by atoms with Crippen LogP contribution in [0.15, 0.2) is 22.8 Å². The van der Waals surface area contributed by atoms with Crippen LogP contribution in [-0.4, -0.2) is 16.1 Å². The SMILES string of the molecule is O=C(O)c1cc2ncc(Br)cc2s1. The average Bonchev–Trinajstić information content (AvgIpc) is 2.46. The molecule has 0 unspecified atom stereocenters. The highest BCUT2D eigenvalue weighted by atomic mass is 79.9. The van der Waals surface area contributed by atoms with Gasteiger partial charge < -0.3 is 5.11 Å². The lowest BCUT2D eigenvalue weighted by atomic mass is 10.4. The zero-order chi connectivity index (χ0) is 9.42. The van der Waals surface area contributed by atoms with Crippen molar-refractivity contribution in [3.05, 3.63) is 27.7 Å². The number of aromatic carboxylic acids is 1. The van der Waals surface area contributed by atoms with E-state index >= 15 is 0 Å². The molecule has 2 aromatic heterocycles. The Kier molecular flexibility index (Phi) is 2.05. The summed E-state index contributed by atoms with van der Waals surface area (Å²) >= 11 is 4.50. The Morgan fingerprint density at radius 1 is 1.54 bits per heavy atom. The van der Waals surface area contributed by atoms with Crippen LogP contribution in [0.1, 0.15) is 9.67 Å². The van der Waals surface area contributed by atoms with E-state index in [1.807, 2.05) is 6.07 Å². The Morgan fingerprint density at radius 2 is 2.31 bits per heavy atom. The van der Waals surface area contributed by atoms with E-state index in [0.717, 1.165) is 14.7 Å². The topological polar surface area (TPSA) is 50.2 Å². The van der Waals surface area contributed by atoms with Gasteiger partial charge in [0.05, 0.1) is 10.2 Å². The Bertz CT molecular complexity index is 480.